The summed E-state index contributed by atoms with van der Waals surface area (Å²) >= 11 is 11.8. The van der Waals surface area contributed by atoms with Crippen molar-refractivity contribution in [3.05, 3.63) is 98.0 Å². The summed E-state index contributed by atoms with van der Waals surface area (Å²) < 4.78 is 5.56. The van der Waals surface area contributed by atoms with Gasteiger partial charge in [0, 0.05) is 28.9 Å². The smallest absolute Gasteiger partial charge is 0.271 e. The van der Waals surface area contributed by atoms with E-state index in [1.165, 1.54) is 30.5 Å². The topological polar surface area (TPSA) is 123 Å². The Morgan fingerprint density at radius 3 is 2.58 bits per heavy atom. The minimum Gasteiger partial charge on any atom is -0.483 e. The average molecular weight is 487 g/mol. The van der Waals surface area contributed by atoms with Crippen LogP contribution in [0.1, 0.15) is 15.9 Å². The maximum absolute atomic E-state index is 12.2. The number of rotatable bonds is 8. The summed E-state index contributed by atoms with van der Waals surface area (Å²) in [6.07, 6.45) is 1.33. The lowest BCUT2D eigenvalue weighted by molar-refractivity contribution is -0.384. The number of nitro groups is 1. The van der Waals surface area contributed by atoms with Crippen LogP contribution in [0.15, 0.2) is 71.8 Å². The zero-order chi connectivity index (χ0) is 23.8. The van der Waals surface area contributed by atoms with Gasteiger partial charge < -0.3 is 10.1 Å². The van der Waals surface area contributed by atoms with Gasteiger partial charge in [0.05, 0.1) is 21.2 Å². The monoisotopic (exact) mass is 486 g/mol. The summed E-state index contributed by atoms with van der Waals surface area (Å²) in [5.41, 5.74) is 3.15. The molecule has 0 aliphatic rings. The summed E-state index contributed by atoms with van der Waals surface area (Å²) in [4.78, 5) is 34.6. The molecular formula is C22H16Cl2N4O5. The number of ether oxygens (including phenoxy) is 1. The Morgan fingerprint density at radius 1 is 1.03 bits per heavy atom. The molecule has 0 aliphatic heterocycles. The van der Waals surface area contributed by atoms with E-state index in [0.29, 0.717) is 27.0 Å². The standard InChI is InChI=1S/C22H16Cl2N4O5/c23-18-9-8-16(11-19(18)24)26-21(29)13-33-20-7-2-1-4-15(20)12-25-27-22(30)14-5-3-6-17(10-14)28(31)32/h1-12H,13H2,(H,26,29)(H,27,30)/b25-12+. The second-order valence-electron chi connectivity index (χ2n) is 6.51. The Morgan fingerprint density at radius 2 is 1.82 bits per heavy atom. The van der Waals surface area contributed by atoms with Crippen LogP contribution in [0.4, 0.5) is 11.4 Å². The van der Waals surface area contributed by atoms with Crippen LogP contribution in [0.25, 0.3) is 0 Å². The van der Waals surface area contributed by atoms with Gasteiger partial charge in [-0.3, -0.25) is 19.7 Å². The number of carbonyl (C=O) groups is 2. The van der Waals surface area contributed by atoms with Crippen LogP contribution in [0.5, 0.6) is 5.75 Å². The van der Waals surface area contributed by atoms with Crippen LogP contribution in [0.2, 0.25) is 10.0 Å². The van der Waals surface area contributed by atoms with Crippen molar-refractivity contribution < 1.29 is 19.2 Å². The highest BCUT2D eigenvalue weighted by atomic mass is 35.5. The first-order valence-electron chi connectivity index (χ1n) is 9.38. The normalized spacial score (nSPS) is 10.6. The number of benzene rings is 3. The van der Waals surface area contributed by atoms with Gasteiger partial charge in [0.25, 0.3) is 17.5 Å². The van der Waals surface area contributed by atoms with Crippen molar-refractivity contribution in [2.75, 3.05) is 11.9 Å². The van der Waals surface area contributed by atoms with Crippen molar-refractivity contribution in [2.24, 2.45) is 5.10 Å². The molecule has 0 saturated carbocycles. The van der Waals surface area contributed by atoms with Crippen molar-refractivity contribution in [1.82, 2.24) is 5.43 Å². The lowest BCUT2D eigenvalue weighted by Gasteiger charge is -2.10. The van der Waals surface area contributed by atoms with Crippen molar-refractivity contribution >= 4 is 52.6 Å². The molecule has 11 heteroatoms. The number of amides is 2. The van der Waals surface area contributed by atoms with Gasteiger partial charge in [0.1, 0.15) is 5.75 Å². The van der Waals surface area contributed by atoms with Gasteiger partial charge in [-0.2, -0.15) is 5.10 Å². The Balaban J connectivity index is 1.59. The highest BCUT2D eigenvalue weighted by molar-refractivity contribution is 6.42. The van der Waals surface area contributed by atoms with E-state index in [0.717, 1.165) is 6.07 Å². The van der Waals surface area contributed by atoms with Gasteiger partial charge in [-0.15, -0.1) is 0 Å². The Labute approximate surface area is 198 Å². The number of hydrogen-bond donors (Lipinski definition) is 2. The highest BCUT2D eigenvalue weighted by Crippen LogP contribution is 2.25. The van der Waals surface area contributed by atoms with E-state index in [-0.39, 0.29) is 17.9 Å². The van der Waals surface area contributed by atoms with Crippen LogP contribution in [0, 0.1) is 10.1 Å². The molecule has 0 fully saturated rings. The molecule has 3 rings (SSSR count). The molecule has 2 amide bonds. The van der Waals surface area contributed by atoms with Crippen LogP contribution in [0.3, 0.4) is 0 Å². The molecule has 0 aromatic heterocycles. The molecule has 0 saturated heterocycles. The number of hydrogen-bond acceptors (Lipinski definition) is 6. The maximum atomic E-state index is 12.2. The van der Waals surface area contributed by atoms with E-state index in [9.17, 15) is 19.7 Å². The van der Waals surface area contributed by atoms with Crippen molar-refractivity contribution in [3.63, 3.8) is 0 Å². The molecule has 0 bridgehead atoms. The van der Waals surface area contributed by atoms with Crippen LogP contribution < -0.4 is 15.5 Å². The third-order valence-corrected chi connectivity index (χ3v) is 4.91. The summed E-state index contributed by atoms with van der Waals surface area (Å²) in [5.74, 6) is -0.677. The fraction of sp³-hybridized carbons (Fsp3) is 0.0455. The van der Waals surface area contributed by atoms with Crippen LogP contribution in [-0.4, -0.2) is 29.6 Å². The highest BCUT2D eigenvalue weighted by Gasteiger charge is 2.11. The first-order chi connectivity index (χ1) is 15.8. The molecule has 9 nitrogen and oxygen atoms in total. The van der Waals surface area contributed by atoms with E-state index in [4.69, 9.17) is 27.9 Å². The molecule has 33 heavy (non-hydrogen) atoms. The molecule has 0 aliphatic carbocycles. The van der Waals surface area contributed by atoms with Gasteiger partial charge in [-0.05, 0) is 36.4 Å². The van der Waals surface area contributed by atoms with E-state index in [1.54, 1.807) is 36.4 Å². The Bertz CT molecular complexity index is 1230. The van der Waals surface area contributed by atoms with Gasteiger partial charge in [-0.1, -0.05) is 41.4 Å². The number of nitrogens with one attached hydrogen (secondary N) is 2. The second kappa shape index (κ2) is 11.1. The number of anilines is 1. The quantitative estimate of drug-likeness (QED) is 0.271. The van der Waals surface area contributed by atoms with Crippen molar-refractivity contribution in [3.8, 4) is 5.75 Å². The Hall–Kier alpha value is -3.95. The van der Waals surface area contributed by atoms with Crippen molar-refractivity contribution in [1.29, 1.82) is 0 Å². The minimum absolute atomic E-state index is 0.0878. The molecule has 0 atom stereocenters. The van der Waals surface area contributed by atoms with Crippen LogP contribution >= 0.6 is 23.2 Å². The minimum atomic E-state index is -0.616. The van der Waals surface area contributed by atoms with Crippen molar-refractivity contribution in [2.45, 2.75) is 0 Å². The first-order valence-corrected chi connectivity index (χ1v) is 10.1. The number of carbonyl (C=O) groups excluding carboxylic acids is 2. The molecule has 168 valence electrons. The predicted molar refractivity (Wildman–Crippen MR) is 125 cm³/mol. The summed E-state index contributed by atoms with van der Waals surface area (Å²) in [6, 6.07) is 16.7. The largest absolute Gasteiger partial charge is 0.483 e. The number of para-hydroxylation sites is 1. The zero-order valence-electron chi connectivity index (χ0n) is 16.8. The number of halogens is 2. The number of non-ortho nitro benzene ring substituents is 1. The van der Waals surface area contributed by atoms with Crippen LogP contribution in [-0.2, 0) is 4.79 Å². The summed E-state index contributed by atoms with van der Waals surface area (Å²) in [7, 11) is 0. The molecule has 3 aromatic rings. The van der Waals surface area contributed by atoms with Gasteiger partial charge in [0.15, 0.2) is 6.61 Å². The van der Waals surface area contributed by atoms with E-state index < -0.39 is 16.7 Å². The number of hydrazone groups is 1. The third kappa shape index (κ3) is 6.76. The summed E-state index contributed by atoms with van der Waals surface area (Å²) in [6.45, 7) is -0.287. The SMILES string of the molecule is O=C(COc1ccccc1/C=N/NC(=O)c1cccc([N+](=O)[O-])c1)Nc1ccc(Cl)c(Cl)c1. The fourth-order valence-corrected chi connectivity index (χ4v) is 2.92. The maximum Gasteiger partial charge on any atom is 0.271 e. The lowest BCUT2D eigenvalue weighted by atomic mass is 10.2. The van der Waals surface area contributed by atoms with E-state index in [1.807, 2.05) is 0 Å². The molecule has 3 aromatic carbocycles. The van der Waals surface area contributed by atoms with Gasteiger partial charge in [0.2, 0.25) is 0 Å². The third-order valence-electron chi connectivity index (χ3n) is 4.17. The van der Waals surface area contributed by atoms with E-state index >= 15 is 0 Å². The second-order valence-corrected chi connectivity index (χ2v) is 7.32. The molecule has 0 heterocycles. The van der Waals surface area contributed by atoms with Gasteiger partial charge >= 0.3 is 0 Å². The number of nitrogens with zero attached hydrogens (tertiary/aromatic N) is 2. The fourth-order valence-electron chi connectivity index (χ4n) is 2.62. The lowest BCUT2D eigenvalue weighted by Crippen LogP contribution is -2.20. The van der Waals surface area contributed by atoms with E-state index in [2.05, 4.69) is 15.8 Å². The first kappa shape index (κ1) is 23.7. The molecular weight excluding hydrogens is 471 g/mol. The molecule has 0 radical (unpaired) electrons. The zero-order valence-corrected chi connectivity index (χ0v) is 18.3. The molecule has 0 unspecified atom stereocenters. The summed E-state index contributed by atoms with van der Waals surface area (Å²) in [5, 5.41) is 18.0. The van der Waals surface area contributed by atoms with Gasteiger partial charge in [-0.25, -0.2) is 5.43 Å². The number of nitro benzene ring substituents is 1. The predicted octanol–water partition coefficient (Wildman–Crippen LogP) is 4.68. The average Bonchev–Trinajstić information content (AvgIpc) is 2.81. The Kier molecular flexibility index (Phi) is 7.96. The molecule has 2 N–H and O–H groups in total. The molecule has 0 spiro atoms.